The van der Waals surface area contributed by atoms with E-state index in [1.165, 1.54) is 6.92 Å². The fourth-order valence-corrected chi connectivity index (χ4v) is 1.51. The van der Waals surface area contributed by atoms with Crippen molar-refractivity contribution in [1.82, 2.24) is 5.32 Å². The van der Waals surface area contributed by atoms with Crippen molar-refractivity contribution >= 4 is 16.5 Å². The quantitative estimate of drug-likeness (QED) is 0.642. The number of hydrogen-bond donors (Lipinski definition) is 2. The molecule has 0 aliphatic heterocycles. The van der Waals surface area contributed by atoms with Gasteiger partial charge < -0.3 is 10.4 Å². The van der Waals surface area contributed by atoms with E-state index in [0.717, 1.165) is 6.42 Å². The molecule has 0 aliphatic carbocycles. The molecule has 0 aromatic rings. The Hall–Kier alpha value is -0.950. The highest BCUT2D eigenvalue weighted by Gasteiger charge is 2.33. The normalized spacial score (nSPS) is 14.5. The molecule has 94 valence electrons. The van der Waals surface area contributed by atoms with E-state index in [0.29, 0.717) is 12.5 Å². The van der Waals surface area contributed by atoms with Gasteiger partial charge in [-0.3, -0.25) is 0 Å². The minimum atomic E-state index is -2.72. The molecule has 1 unspecified atom stereocenters. The van der Waals surface area contributed by atoms with Gasteiger partial charge in [-0.15, -0.1) is 0 Å². The molecule has 0 rings (SSSR count). The van der Waals surface area contributed by atoms with Crippen molar-refractivity contribution in [3.8, 4) is 0 Å². The maximum atomic E-state index is 10.9. The summed E-state index contributed by atoms with van der Waals surface area (Å²) in [6, 6.07) is 0. The van der Waals surface area contributed by atoms with E-state index in [2.05, 4.69) is 23.5 Å². The minimum absolute atomic E-state index is 0.00301. The Bertz CT molecular complexity index is 356. The monoisotopic (exact) mass is 250 g/mol. The van der Waals surface area contributed by atoms with Crippen LogP contribution in [0.3, 0.4) is 0 Å². The van der Waals surface area contributed by atoms with Crippen LogP contribution >= 0.6 is 0 Å². The number of hydrogen-bond acceptors (Lipinski definition) is 5. The zero-order valence-corrected chi connectivity index (χ0v) is 10.5. The van der Waals surface area contributed by atoms with Gasteiger partial charge in [-0.1, -0.05) is 13.8 Å². The molecule has 2 N–H and O–H groups in total. The number of carbonyl (C=O) groups is 1. The van der Waals surface area contributed by atoms with Crippen LogP contribution in [0.25, 0.3) is 0 Å². The van der Waals surface area contributed by atoms with Crippen molar-refractivity contribution < 1.29 is 18.3 Å². The molecular weight excluding hydrogens is 232 g/mol. The third kappa shape index (κ3) is 5.82. The molecule has 1 atom stereocenters. The molecule has 16 heavy (non-hydrogen) atoms. The van der Waals surface area contributed by atoms with Gasteiger partial charge in [-0.05, 0) is 25.8 Å². The average molecular weight is 250 g/mol. The molecule has 0 saturated heterocycles. The molecule has 0 amide bonds. The lowest BCUT2D eigenvalue weighted by Gasteiger charge is -2.18. The highest BCUT2D eigenvalue weighted by molar-refractivity contribution is 7.61. The zero-order chi connectivity index (χ0) is 12.8. The predicted octanol–water partition coefficient (Wildman–Crippen LogP) is 0.528. The first kappa shape index (κ1) is 15.0. The topological polar surface area (TPSA) is 95.8 Å². The van der Waals surface area contributed by atoms with Crippen LogP contribution < -0.4 is 5.32 Å². The molecule has 0 aliphatic rings. The fraction of sp³-hybridized carbons (Fsp3) is 0.889. The Morgan fingerprint density at radius 3 is 2.44 bits per heavy atom. The molecule has 0 fully saturated rings. The molecule has 0 aromatic heterocycles. The first-order valence-electron chi connectivity index (χ1n) is 5.04. The third-order valence-electron chi connectivity index (χ3n) is 2.10. The first-order chi connectivity index (χ1) is 7.28. The lowest BCUT2D eigenvalue weighted by molar-refractivity contribution is -0.142. The van der Waals surface area contributed by atoms with Crippen LogP contribution in [0.4, 0.5) is 0 Å². The van der Waals surface area contributed by atoms with E-state index in [9.17, 15) is 13.2 Å². The summed E-state index contributed by atoms with van der Waals surface area (Å²) < 4.78 is 24.0. The molecule has 6 nitrogen and oxygen atoms in total. The van der Waals surface area contributed by atoms with Crippen molar-refractivity contribution in [2.75, 3.05) is 13.1 Å². The molecular formula is C9H18N2O4S. The lowest BCUT2D eigenvalue weighted by atomic mass is 10.0. The smallest absolute Gasteiger partial charge is 0.333 e. The second kappa shape index (κ2) is 6.59. The van der Waals surface area contributed by atoms with E-state index >= 15 is 0 Å². The molecule has 0 bridgehead atoms. The summed E-state index contributed by atoms with van der Waals surface area (Å²) in [4.78, 5) is 10.9. The van der Waals surface area contributed by atoms with Gasteiger partial charge in [-0.25, -0.2) is 4.79 Å². The number of carboxylic acids is 1. The summed E-state index contributed by atoms with van der Waals surface area (Å²) in [5.74, 6) is -0.747. The summed E-state index contributed by atoms with van der Waals surface area (Å²) in [6.45, 7) is 6.02. The average Bonchev–Trinajstić information content (AvgIpc) is 2.10. The van der Waals surface area contributed by atoms with Crippen LogP contribution in [0.15, 0.2) is 4.36 Å². The fourth-order valence-electron chi connectivity index (χ4n) is 1.03. The van der Waals surface area contributed by atoms with Gasteiger partial charge in [0.05, 0.1) is 0 Å². The Kier molecular flexibility index (Phi) is 6.20. The molecule has 0 spiro atoms. The second-order valence-electron chi connectivity index (χ2n) is 4.25. The maximum absolute atomic E-state index is 10.9. The number of rotatable bonds is 7. The van der Waals surface area contributed by atoms with Crippen molar-refractivity contribution in [2.45, 2.75) is 32.7 Å². The Balaban J connectivity index is 4.37. The van der Waals surface area contributed by atoms with E-state index < -0.39 is 22.0 Å². The maximum Gasteiger partial charge on any atom is 0.333 e. The van der Waals surface area contributed by atoms with Crippen LogP contribution in [0.2, 0.25) is 0 Å². The molecule has 0 radical (unpaired) electrons. The van der Waals surface area contributed by atoms with Gasteiger partial charge in [0.2, 0.25) is 0 Å². The molecule has 7 heteroatoms. The van der Waals surface area contributed by atoms with Gasteiger partial charge in [-0.2, -0.15) is 12.8 Å². The van der Waals surface area contributed by atoms with E-state index in [1.54, 1.807) is 0 Å². The largest absolute Gasteiger partial charge is 0.479 e. The van der Waals surface area contributed by atoms with Crippen molar-refractivity contribution in [3.63, 3.8) is 0 Å². The highest BCUT2D eigenvalue weighted by Crippen LogP contribution is 2.09. The zero-order valence-electron chi connectivity index (χ0n) is 9.73. The third-order valence-corrected chi connectivity index (χ3v) is 2.66. The van der Waals surface area contributed by atoms with Crippen LogP contribution in [0, 0.1) is 5.92 Å². The van der Waals surface area contributed by atoms with Gasteiger partial charge in [0, 0.05) is 6.54 Å². The van der Waals surface area contributed by atoms with E-state index in [-0.39, 0.29) is 6.54 Å². The van der Waals surface area contributed by atoms with E-state index in [1.807, 2.05) is 0 Å². The summed E-state index contributed by atoms with van der Waals surface area (Å²) in [5.41, 5.74) is -1.62. The summed E-state index contributed by atoms with van der Waals surface area (Å²) >= 11 is 0. The summed E-state index contributed by atoms with van der Waals surface area (Å²) in [5, 5.41) is 11.8. The van der Waals surface area contributed by atoms with Gasteiger partial charge in [0.25, 0.3) is 0 Å². The Labute approximate surface area is 96.8 Å². The molecule has 0 heterocycles. The first-order valence-corrected chi connectivity index (χ1v) is 6.07. The summed E-state index contributed by atoms with van der Waals surface area (Å²) in [6.07, 6.45) is 0.899. The van der Waals surface area contributed by atoms with Gasteiger partial charge >= 0.3 is 16.5 Å². The van der Waals surface area contributed by atoms with Gasteiger partial charge in [0.1, 0.15) is 0 Å². The number of nitrogens with one attached hydrogen (secondary N) is 1. The number of aliphatic carboxylic acids is 1. The van der Waals surface area contributed by atoms with Crippen LogP contribution in [-0.4, -0.2) is 38.1 Å². The van der Waals surface area contributed by atoms with Crippen molar-refractivity contribution in [3.05, 3.63) is 0 Å². The van der Waals surface area contributed by atoms with Crippen molar-refractivity contribution in [2.24, 2.45) is 10.3 Å². The predicted molar refractivity (Wildman–Crippen MR) is 59.7 cm³/mol. The minimum Gasteiger partial charge on any atom is -0.479 e. The summed E-state index contributed by atoms with van der Waals surface area (Å²) in [7, 11) is -2.72. The van der Waals surface area contributed by atoms with E-state index in [4.69, 9.17) is 5.11 Å². The van der Waals surface area contributed by atoms with Crippen LogP contribution in [-0.2, 0) is 15.3 Å². The molecule has 0 saturated carbocycles. The standard InChI is InChI=1S/C9H18N2O4S/c1-7(2)4-5-10-6-9(3,8(12)13)11-16(14)15/h7,10H,4-6H2,1-3H3,(H,12,13). The van der Waals surface area contributed by atoms with Crippen molar-refractivity contribution in [1.29, 1.82) is 0 Å². The Morgan fingerprint density at radius 2 is 2.06 bits per heavy atom. The Morgan fingerprint density at radius 1 is 1.50 bits per heavy atom. The SMILES string of the molecule is CC(C)CCNCC(C)(N=S(=O)=O)C(=O)O. The van der Waals surface area contributed by atoms with Gasteiger partial charge in [0.15, 0.2) is 5.54 Å². The molecule has 0 aromatic carbocycles. The number of nitrogens with zero attached hydrogens (tertiary/aromatic N) is 1. The number of carboxylic acid groups (broad SMARTS) is 1. The second-order valence-corrected chi connectivity index (χ2v) is 4.86. The highest BCUT2D eigenvalue weighted by atomic mass is 32.2. The lowest BCUT2D eigenvalue weighted by Crippen LogP contribution is -2.43. The van der Waals surface area contributed by atoms with Crippen LogP contribution in [0.5, 0.6) is 0 Å². The van der Waals surface area contributed by atoms with Crippen LogP contribution in [0.1, 0.15) is 27.2 Å².